The molecule has 0 bridgehead atoms. The Balaban J connectivity index is 1.56. The first-order chi connectivity index (χ1) is 11.7. The van der Waals surface area contributed by atoms with Crippen molar-refractivity contribution >= 4 is 21.6 Å². The summed E-state index contributed by atoms with van der Waals surface area (Å²) in [6.07, 6.45) is 0. The van der Waals surface area contributed by atoms with Gasteiger partial charge in [0.25, 0.3) is 0 Å². The van der Waals surface area contributed by atoms with Gasteiger partial charge in [0.1, 0.15) is 0 Å². The molecule has 0 aliphatic heterocycles. The molecule has 0 aromatic heterocycles. The maximum atomic E-state index is 2.39. The number of fused-ring (bicyclic) bond motifs is 3. The summed E-state index contributed by atoms with van der Waals surface area (Å²) < 4.78 is 0. The minimum atomic E-state index is 0.0899. The second-order valence-corrected chi connectivity index (χ2v) is 9.08. The van der Waals surface area contributed by atoms with Gasteiger partial charge in [-0.1, -0.05) is 96.1 Å². The molecule has 24 heavy (non-hydrogen) atoms. The van der Waals surface area contributed by atoms with E-state index in [0.29, 0.717) is 0 Å². The molecule has 1 aliphatic rings. The van der Waals surface area contributed by atoms with E-state index < -0.39 is 0 Å². The molecule has 0 atom stereocenters. The average molecular weight is 349 g/mol. The topological polar surface area (TPSA) is 0 Å². The Bertz CT molecular complexity index is 866. The molecule has 0 radical (unpaired) electrons. The van der Waals surface area contributed by atoms with Crippen LogP contribution in [0.5, 0.6) is 0 Å². The van der Waals surface area contributed by atoms with Crippen LogP contribution in [0, 0.1) is 0 Å². The minimum absolute atomic E-state index is 0.0899. The second-order valence-electron chi connectivity index (χ2n) is 6.71. The lowest BCUT2D eigenvalue weighted by Gasteiger charge is -2.21. The summed E-state index contributed by atoms with van der Waals surface area (Å²) >= 11 is 0. The van der Waals surface area contributed by atoms with Crippen molar-refractivity contribution in [1.82, 2.24) is 0 Å². The molecule has 3 aromatic carbocycles. The van der Waals surface area contributed by atoms with Gasteiger partial charge in [0, 0.05) is 16.1 Å². The van der Waals surface area contributed by atoms with Crippen LogP contribution < -0.4 is 0 Å². The Labute approximate surface area is 152 Å². The third-order valence-electron chi connectivity index (χ3n) is 4.78. The Morgan fingerprint density at radius 3 is 2.29 bits per heavy atom. The lowest BCUT2D eigenvalue weighted by molar-refractivity contribution is 0.658. The van der Waals surface area contributed by atoms with E-state index in [1.165, 1.54) is 32.7 Å². The summed E-state index contributed by atoms with van der Waals surface area (Å²) in [5.74, 6) is 1.03. The molecule has 0 heterocycles. The standard InChI is InChI=1S/C22H20S2/c1-22(2)20-11-7-6-10-18(20)19-13-12-17(14-21(19)22)24-23-15-16-8-4-3-5-9-16/h3-14H,15H2,1-2H3. The van der Waals surface area contributed by atoms with E-state index in [4.69, 9.17) is 0 Å². The molecular formula is C22H20S2. The summed E-state index contributed by atoms with van der Waals surface area (Å²) in [6, 6.07) is 26.4. The number of rotatable bonds is 4. The molecule has 0 N–H and O–H groups in total. The molecule has 0 saturated carbocycles. The molecule has 0 saturated heterocycles. The van der Waals surface area contributed by atoms with Gasteiger partial charge in [-0.05, 0) is 39.9 Å². The van der Waals surface area contributed by atoms with Gasteiger partial charge in [-0.2, -0.15) is 0 Å². The van der Waals surface area contributed by atoms with Crippen LogP contribution in [0.3, 0.4) is 0 Å². The fourth-order valence-corrected chi connectivity index (χ4v) is 5.59. The summed E-state index contributed by atoms with van der Waals surface area (Å²) in [4.78, 5) is 1.34. The van der Waals surface area contributed by atoms with Crippen LogP contribution in [0.1, 0.15) is 30.5 Å². The van der Waals surface area contributed by atoms with Crippen LogP contribution in [0.4, 0.5) is 0 Å². The highest BCUT2D eigenvalue weighted by Crippen LogP contribution is 2.50. The second kappa shape index (κ2) is 6.34. The van der Waals surface area contributed by atoms with Crippen molar-refractivity contribution in [3.63, 3.8) is 0 Å². The largest absolute Gasteiger partial charge is 0.0841 e. The third kappa shape index (κ3) is 2.78. The fraction of sp³-hybridized carbons (Fsp3) is 0.182. The van der Waals surface area contributed by atoms with Gasteiger partial charge >= 0.3 is 0 Å². The molecule has 0 fully saturated rings. The van der Waals surface area contributed by atoms with Gasteiger partial charge in [-0.15, -0.1) is 0 Å². The highest BCUT2D eigenvalue weighted by atomic mass is 33.1. The molecule has 3 aromatic rings. The molecule has 4 rings (SSSR count). The van der Waals surface area contributed by atoms with Gasteiger partial charge in [0.2, 0.25) is 0 Å². The number of benzene rings is 3. The molecule has 0 amide bonds. The van der Waals surface area contributed by atoms with Crippen molar-refractivity contribution in [2.24, 2.45) is 0 Å². The van der Waals surface area contributed by atoms with Gasteiger partial charge < -0.3 is 0 Å². The Kier molecular flexibility index (Phi) is 4.19. The average Bonchev–Trinajstić information content (AvgIpc) is 2.84. The molecular weight excluding hydrogens is 328 g/mol. The first kappa shape index (κ1) is 15.9. The van der Waals surface area contributed by atoms with Crippen LogP contribution in [0.25, 0.3) is 11.1 Å². The predicted molar refractivity (Wildman–Crippen MR) is 108 cm³/mol. The molecule has 0 unspecified atom stereocenters. The highest BCUT2D eigenvalue weighted by Gasteiger charge is 2.35. The lowest BCUT2D eigenvalue weighted by atomic mass is 9.82. The predicted octanol–water partition coefficient (Wildman–Crippen LogP) is 6.93. The van der Waals surface area contributed by atoms with Crippen molar-refractivity contribution in [3.8, 4) is 11.1 Å². The van der Waals surface area contributed by atoms with Gasteiger partial charge in [0.15, 0.2) is 0 Å². The van der Waals surface area contributed by atoms with Crippen molar-refractivity contribution < 1.29 is 0 Å². The van der Waals surface area contributed by atoms with Crippen LogP contribution >= 0.6 is 21.6 Å². The quantitative estimate of drug-likeness (QED) is 0.469. The molecule has 1 aliphatic carbocycles. The van der Waals surface area contributed by atoms with Crippen molar-refractivity contribution in [2.45, 2.75) is 29.9 Å². The molecule has 0 spiro atoms. The zero-order valence-electron chi connectivity index (χ0n) is 14.0. The van der Waals surface area contributed by atoms with Crippen molar-refractivity contribution in [2.75, 3.05) is 0 Å². The zero-order valence-corrected chi connectivity index (χ0v) is 15.6. The van der Waals surface area contributed by atoms with Gasteiger partial charge in [-0.25, -0.2) is 0 Å². The third-order valence-corrected chi connectivity index (χ3v) is 7.08. The molecule has 2 heteroatoms. The molecule has 0 nitrogen and oxygen atoms in total. The monoisotopic (exact) mass is 348 g/mol. The Hall–Kier alpha value is -1.64. The SMILES string of the molecule is CC1(C)c2ccccc2-c2ccc(SSCc3ccccc3)cc21. The minimum Gasteiger partial charge on any atom is -0.0841 e. The zero-order chi connectivity index (χ0) is 16.6. The Morgan fingerprint density at radius 1 is 0.750 bits per heavy atom. The summed E-state index contributed by atoms with van der Waals surface area (Å²) in [6.45, 7) is 4.67. The first-order valence-corrected chi connectivity index (χ1v) is 10.6. The maximum Gasteiger partial charge on any atom is 0.0292 e. The van der Waals surface area contributed by atoms with E-state index in [9.17, 15) is 0 Å². The van der Waals surface area contributed by atoms with E-state index in [1.807, 2.05) is 21.6 Å². The Morgan fingerprint density at radius 2 is 1.46 bits per heavy atom. The van der Waals surface area contributed by atoms with Crippen LogP contribution in [-0.2, 0) is 11.2 Å². The first-order valence-electron chi connectivity index (χ1n) is 8.24. The summed E-state index contributed by atoms with van der Waals surface area (Å²) in [5.41, 5.74) is 7.16. The van der Waals surface area contributed by atoms with Gasteiger partial charge in [-0.3, -0.25) is 0 Å². The van der Waals surface area contributed by atoms with E-state index in [1.54, 1.807) is 0 Å². The van der Waals surface area contributed by atoms with Crippen LogP contribution in [0.2, 0.25) is 0 Å². The van der Waals surface area contributed by atoms with E-state index >= 15 is 0 Å². The number of hydrogen-bond donors (Lipinski definition) is 0. The van der Waals surface area contributed by atoms with Crippen LogP contribution in [-0.4, -0.2) is 0 Å². The van der Waals surface area contributed by atoms with E-state index in [-0.39, 0.29) is 5.41 Å². The number of hydrogen-bond acceptors (Lipinski definition) is 2. The smallest absolute Gasteiger partial charge is 0.0292 e. The van der Waals surface area contributed by atoms with E-state index in [0.717, 1.165) is 5.75 Å². The summed E-state index contributed by atoms with van der Waals surface area (Å²) in [5, 5.41) is 0. The lowest BCUT2D eigenvalue weighted by Crippen LogP contribution is -2.14. The maximum absolute atomic E-state index is 2.39. The summed E-state index contributed by atoms with van der Waals surface area (Å²) in [7, 11) is 3.78. The fourth-order valence-electron chi connectivity index (χ4n) is 3.48. The van der Waals surface area contributed by atoms with Gasteiger partial charge in [0.05, 0.1) is 0 Å². The van der Waals surface area contributed by atoms with Crippen molar-refractivity contribution in [3.05, 3.63) is 89.5 Å². The van der Waals surface area contributed by atoms with E-state index in [2.05, 4.69) is 86.6 Å². The highest BCUT2D eigenvalue weighted by molar-refractivity contribution is 8.76. The molecule has 120 valence electrons. The van der Waals surface area contributed by atoms with Crippen LogP contribution in [0.15, 0.2) is 77.7 Å². The normalized spacial score (nSPS) is 14.2. The van der Waals surface area contributed by atoms with Crippen molar-refractivity contribution in [1.29, 1.82) is 0 Å².